The minimum atomic E-state index is -1.02. The van der Waals surface area contributed by atoms with E-state index in [0.717, 1.165) is 25.7 Å². The molecule has 1 fully saturated rings. The van der Waals surface area contributed by atoms with E-state index in [1.807, 2.05) is 0 Å². The third-order valence-corrected chi connectivity index (χ3v) is 3.40. The van der Waals surface area contributed by atoms with E-state index in [9.17, 15) is 9.59 Å². The van der Waals surface area contributed by atoms with Gasteiger partial charge < -0.3 is 9.84 Å². The lowest BCUT2D eigenvalue weighted by Gasteiger charge is -2.22. The minimum absolute atomic E-state index is 0.0281. The van der Waals surface area contributed by atoms with E-state index in [-0.39, 0.29) is 11.7 Å². The molecule has 0 aromatic carbocycles. The Kier molecular flexibility index (Phi) is 5.89. The molecule has 0 heterocycles. The zero-order chi connectivity index (χ0) is 13.5. The molecule has 1 aliphatic rings. The van der Waals surface area contributed by atoms with Gasteiger partial charge in [0, 0.05) is 11.1 Å². The van der Waals surface area contributed by atoms with Crippen LogP contribution in [0.5, 0.6) is 0 Å². The maximum atomic E-state index is 12.0. The minimum Gasteiger partial charge on any atom is -0.478 e. The molecule has 0 aliphatic heterocycles. The van der Waals surface area contributed by atoms with E-state index < -0.39 is 11.9 Å². The highest BCUT2D eigenvalue weighted by molar-refractivity contribution is 5.99. The van der Waals surface area contributed by atoms with Crippen molar-refractivity contribution in [1.29, 1.82) is 0 Å². The Morgan fingerprint density at radius 1 is 1.06 bits per heavy atom. The zero-order valence-electron chi connectivity index (χ0n) is 11.2. The Balaban J connectivity index is 2.75. The smallest absolute Gasteiger partial charge is 0.334 e. The summed E-state index contributed by atoms with van der Waals surface area (Å²) in [5.41, 5.74) is 0.494. The van der Waals surface area contributed by atoms with Crippen LogP contribution >= 0.6 is 0 Å². The first-order chi connectivity index (χ1) is 8.60. The Morgan fingerprint density at radius 2 is 1.61 bits per heavy atom. The van der Waals surface area contributed by atoms with Gasteiger partial charge in [-0.3, -0.25) is 0 Å². The van der Waals surface area contributed by atoms with Crippen LogP contribution in [0.25, 0.3) is 0 Å². The average molecular weight is 254 g/mol. The lowest BCUT2D eigenvalue weighted by atomic mass is 9.97. The molecular formula is C14H22O4. The molecule has 0 unspecified atom stereocenters. The summed E-state index contributed by atoms with van der Waals surface area (Å²) >= 11 is 0. The number of ether oxygens (including phenoxy) is 1. The quantitative estimate of drug-likeness (QED) is 0.605. The third kappa shape index (κ3) is 3.86. The molecular weight excluding hydrogens is 232 g/mol. The molecule has 0 aromatic rings. The van der Waals surface area contributed by atoms with Crippen molar-refractivity contribution in [3.8, 4) is 0 Å². The number of carbonyl (C=O) groups excluding carboxylic acids is 1. The van der Waals surface area contributed by atoms with Gasteiger partial charge in [0.25, 0.3) is 0 Å². The predicted octanol–water partition coefficient (Wildman–Crippen LogP) is 3.06. The van der Waals surface area contributed by atoms with Crippen LogP contribution in [0.4, 0.5) is 0 Å². The zero-order valence-corrected chi connectivity index (χ0v) is 11.2. The monoisotopic (exact) mass is 254 g/mol. The van der Waals surface area contributed by atoms with Gasteiger partial charge in [0.05, 0.1) is 0 Å². The van der Waals surface area contributed by atoms with Crippen molar-refractivity contribution in [3.63, 3.8) is 0 Å². The third-order valence-electron chi connectivity index (χ3n) is 3.40. The number of esters is 1. The van der Waals surface area contributed by atoms with Gasteiger partial charge >= 0.3 is 11.9 Å². The second kappa shape index (κ2) is 7.19. The van der Waals surface area contributed by atoms with Crippen LogP contribution in [0.2, 0.25) is 0 Å². The number of hydrogen-bond donors (Lipinski definition) is 1. The fourth-order valence-corrected chi connectivity index (χ4v) is 2.38. The van der Waals surface area contributed by atoms with Crippen LogP contribution in [-0.4, -0.2) is 23.1 Å². The van der Waals surface area contributed by atoms with Crippen molar-refractivity contribution in [2.75, 3.05) is 0 Å². The highest BCUT2D eigenvalue weighted by atomic mass is 16.5. The van der Waals surface area contributed by atoms with Gasteiger partial charge in [0.2, 0.25) is 0 Å². The molecule has 0 saturated heterocycles. The van der Waals surface area contributed by atoms with Crippen LogP contribution in [0.15, 0.2) is 11.1 Å². The highest BCUT2D eigenvalue weighted by Crippen LogP contribution is 2.23. The molecule has 0 spiro atoms. The SMILES string of the molecule is CC/C(C(=O)O)=C(\CC)C(=O)OC1CCCCC1. The molecule has 0 bridgehead atoms. The average Bonchev–Trinajstić information content (AvgIpc) is 2.36. The summed E-state index contributed by atoms with van der Waals surface area (Å²) in [6.45, 7) is 3.53. The number of rotatable bonds is 5. The van der Waals surface area contributed by atoms with Crippen molar-refractivity contribution in [2.24, 2.45) is 0 Å². The van der Waals surface area contributed by atoms with Gasteiger partial charge in [-0.15, -0.1) is 0 Å². The molecule has 1 rings (SSSR count). The van der Waals surface area contributed by atoms with E-state index in [1.165, 1.54) is 6.42 Å². The second-order valence-corrected chi connectivity index (χ2v) is 4.63. The number of aliphatic carboxylic acids is 1. The molecule has 0 atom stereocenters. The van der Waals surface area contributed by atoms with E-state index >= 15 is 0 Å². The number of carboxylic acids is 1. The summed E-state index contributed by atoms with van der Waals surface area (Å²) in [4.78, 5) is 23.1. The van der Waals surface area contributed by atoms with Crippen LogP contribution in [0, 0.1) is 0 Å². The maximum absolute atomic E-state index is 12.0. The Morgan fingerprint density at radius 3 is 2.06 bits per heavy atom. The number of hydrogen-bond acceptors (Lipinski definition) is 3. The van der Waals surface area contributed by atoms with Crippen LogP contribution in [0.1, 0.15) is 58.8 Å². The lowest BCUT2D eigenvalue weighted by Crippen LogP contribution is -2.23. The molecule has 1 aliphatic carbocycles. The molecule has 0 radical (unpaired) electrons. The topological polar surface area (TPSA) is 63.6 Å². The number of carboxylic acid groups (broad SMARTS) is 1. The molecule has 1 saturated carbocycles. The van der Waals surface area contributed by atoms with Crippen LogP contribution in [0.3, 0.4) is 0 Å². The van der Waals surface area contributed by atoms with Crippen molar-refractivity contribution in [1.82, 2.24) is 0 Å². The van der Waals surface area contributed by atoms with Gasteiger partial charge in [0.1, 0.15) is 6.10 Å². The van der Waals surface area contributed by atoms with Gasteiger partial charge in [-0.1, -0.05) is 20.3 Å². The van der Waals surface area contributed by atoms with Crippen LogP contribution < -0.4 is 0 Å². The molecule has 0 amide bonds. The molecule has 1 N–H and O–H groups in total. The van der Waals surface area contributed by atoms with Crippen LogP contribution in [-0.2, 0) is 14.3 Å². The highest BCUT2D eigenvalue weighted by Gasteiger charge is 2.23. The summed E-state index contributed by atoms with van der Waals surface area (Å²) in [7, 11) is 0. The van der Waals surface area contributed by atoms with Crippen molar-refractivity contribution < 1.29 is 19.4 Å². The molecule has 18 heavy (non-hydrogen) atoms. The van der Waals surface area contributed by atoms with Gasteiger partial charge in [-0.2, -0.15) is 0 Å². The normalized spacial score (nSPS) is 18.1. The lowest BCUT2D eigenvalue weighted by molar-refractivity contribution is -0.146. The maximum Gasteiger partial charge on any atom is 0.334 e. The molecule has 4 nitrogen and oxygen atoms in total. The fraction of sp³-hybridized carbons (Fsp3) is 0.714. The first-order valence-corrected chi connectivity index (χ1v) is 6.76. The standard InChI is InChI=1S/C14H22O4/c1-3-11(13(15)16)12(4-2)14(17)18-10-8-6-5-7-9-10/h10H,3-9H2,1-2H3,(H,15,16)/b12-11-. The second-order valence-electron chi connectivity index (χ2n) is 4.63. The molecule has 102 valence electrons. The summed E-state index contributed by atoms with van der Waals surface area (Å²) < 4.78 is 5.42. The summed E-state index contributed by atoms with van der Waals surface area (Å²) in [6, 6.07) is 0. The Labute approximate surface area is 108 Å². The Bertz CT molecular complexity index is 338. The van der Waals surface area contributed by atoms with Gasteiger partial charge in [-0.25, -0.2) is 9.59 Å². The summed E-state index contributed by atoms with van der Waals surface area (Å²) in [5, 5.41) is 9.06. The van der Waals surface area contributed by atoms with Crippen molar-refractivity contribution >= 4 is 11.9 Å². The summed E-state index contributed by atoms with van der Waals surface area (Å²) in [6.07, 6.45) is 5.89. The van der Waals surface area contributed by atoms with Crippen molar-refractivity contribution in [2.45, 2.75) is 64.9 Å². The Hall–Kier alpha value is -1.32. The van der Waals surface area contributed by atoms with Gasteiger partial charge in [-0.05, 0) is 38.5 Å². The molecule has 0 aromatic heterocycles. The largest absolute Gasteiger partial charge is 0.478 e. The fourth-order valence-electron chi connectivity index (χ4n) is 2.38. The first-order valence-electron chi connectivity index (χ1n) is 6.76. The van der Waals surface area contributed by atoms with Crippen molar-refractivity contribution in [3.05, 3.63) is 11.1 Å². The predicted molar refractivity (Wildman–Crippen MR) is 68.2 cm³/mol. The van der Waals surface area contributed by atoms with Gasteiger partial charge in [0.15, 0.2) is 0 Å². The number of carbonyl (C=O) groups is 2. The first kappa shape index (κ1) is 14.7. The molecule has 4 heteroatoms. The van der Waals surface area contributed by atoms with E-state index in [2.05, 4.69) is 0 Å². The van der Waals surface area contributed by atoms with E-state index in [0.29, 0.717) is 18.4 Å². The van der Waals surface area contributed by atoms with E-state index in [1.54, 1.807) is 13.8 Å². The van der Waals surface area contributed by atoms with E-state index in [4.69, 9.17) is 9.84 Å². The summed E-state index contributed by atoms with van der Waals surface area (Å²) in [5.74, 6) is -1.46.